The second kappa shape index (κ2) is 10.5. The van der Waals surface area contributed by atoms with E-state index in [0.29, 0.717) is 23.2 Å². The number of hydrogen-bond donors (Lipinski definition) is 1. The third-order valence-corrected chi connectivity index (χ3v) is 5.88. The van der Waals surface area contributed by atoms with E-state index in [1.807, 2.05) is 12.1 Å². The van der Waals surface area contributed by atoms with Gasteiger partial charge in [-0.05, 0) is 67.5 Å². The van der Waals surface area contributed by atoms with Gasteiger partial charge in [0.25, 0.3) is 5.91 Å². The van der Waals surface area contributed by atoms with Crippen LogP contribution in [0.1, 0.15) is 37.8 Å². The minimum Gasteiger partial charge on any atom is -0.478 e. The topological polar surface area (TPSA) is 38.3 Å². The Labute approximate surface area is 190 Å². The number of benzene rings is 3. The molecule has 1 N–H and O–H groups in total. The van der Waals surface area contributed by atoms with Crippen molar-refractivity contribution >= 4 is 17.5 Å². The summed E-state index contributed by atoms with van der Waals surface area (Å²) in [6.45, 7) is 6.36. The standard InChI is InChI=1S/C27H30ClNO2/c1-20(22-12-8-5-9-13-22)23(18-21-10-6-4-7-11-21)19-29-26(30)27(2,3)31-25-16-14-24(28)15-17-25/h4-17,20,23H,18-19H2,1-3H3,(H,29,30). The Balaban J connectivity index is 1.69. The first-order valence-electron chi connectivity index (χ1n) is 10.7. The van der Waals surface area contributed by atoms with Gasteiger partial charge < -0.3 is 10.1 Å². The monoisotopic (exact) mass is 435 g/mol. The molecule has 3 aromatic rings. The Bertz CT molecular complexity index is 956. The van der Waals surface area contributed by atoms with Gasteiger partial charge >= 0.3 is 0 Å². The van der Waals surface area contributed by atoms with Gasteiger partial charge in [0.15, 0.2) is 5.60 Å². The van der Waals surface area contributed by atoms with Crippen molar-refractivity contribution in [1.29, 1.82) is 0 Å². The van der Waals surface area contributed by atoms with Gasteiger partial charge in [-0.3, -0.25) is 4.79 Å². The second-order valence-corrected chi connectivity index (χ2v) is 8.86. The van der Waals surface area contributed by atoms with E-state index >= 15 is 0 Å². The van der Waals surface area contributed by atoms with Crippen LogP contribution in [0.5, 0.6) is 5.75 Å². The van der Waals surface area contributed by atoms with Crippen molar-refractivity contribution in [3.63, 3.8) is 0 Å². The van der Waals surface area contributed by atoms with E-state index in [9.17, 15) is 4.79 Å². The highest BCUT2D eigenvalue weighted by atomic mass is 35.5. The maximum absolute atomic E-state index is 13.0. The van der Waals surface area contributed by atoms with E-state index in [0.717, 1.165) is 6.42 Å². The lowest BCUT2D eigenvalue weighted by Crippen LogP contribution is -2.48. The van der Waals surface area contributed by atoms with Crippen molar-refractivity contribution in [3.8, 4) is 5.75 Å². The van der Waals surface area contributed by atoms with Crippen LogP contribution in [0, 0.1) is 5.92 Å². The molecule has 0 bridgehead atoms. The average Bonchev–Trinajstić information content (AvgIpc) is 2.78. The largest absolute Gasteiger partial charge is 0.478 e. The predicted molar refractivity (Wildman–Crippen MR) is 128 cm³/mol. The van der Waals surface area contributed by atoms with E-state index in [1.54, 1.807) is 38.1 Å². The maximum Gasteiger partial charge on any atom is 0.263 e. The van der Waals surface area contributed by atoms with Crippen molar-refractivity contribution < 1.29 is 9.53 Å². The number of rotatable bonds is 9. The van der Waals surface area contributed by atoms with Gasteiger partial charge in [0, 0.05) is 11.6 Å². The quantitative estimate of drug-likeness (QED) is 0.429. The van der Waals surface area contributed by atoms with Crippen LogP contribution in [0.15, 0.2) is 84.9 Å². The fourth-order valence-corrected chi connectivity index (χ4v) is 3.78. The molecule has 2 atom stereocenters. The van der Waals surface area contributed by atoms with Crippen LogP contribution in [-0.2, 0) is 11.2 Å². The van der Waals surface area contributed by atoms with Crippen molar-refractivity contribution in [3.05, 3.63) is 101 Å². The van der Waals surface area contributed by atoms with Crippen LogP contribution in [-0.4, -0.2) is 18.1 Å². The van der Waals surface area contributed by atoms with Crippen LogP contribution in [0.2, 0.25) is 5.02 Å². The summed E-state index contributed by atoms with van der Waals surface area (Å²) in [4.78, 5) is 13.0. The van der Waals surface area contributed by atoms with Crippen LogP contribution < -0.4 is 10.1 Å². The van der Waals surface area contributed by atoms with Crippen molar-refractivity contribution in [2.24, 2.45) is 5.92 Å². The van der Waals surface area contributed by atoms with Crippen LogP contribution in [0.3, 0.4) is 0 Å². The summed E-state index contributed by atoms with van der Waals surface area (Å²) in [6, 6.07) is 27.9. The first-order chi connectivity index (χ1) is 14.8. The fraction of sp³-hybridized carbons (Fsp3) is 0.296. The first kappa shape index (κ1) is 22.9. The number of ether oxygens (including phenoxy) is 1. The second-order valence-electron chi connectivity index (χ2n) is 8.43. The van der Waals surface area contributed by atoms with Crippen LogP contribution in [0.4, 0.5) is 0 Å². The molecule has 2 unspecified atom stereocenters. The Morgan fingerprint density at radius 3 is 2.13 bits per heavy atom. The predicted octanol–water partition coefficient (Wildman–Crippen LogP) is 6.28. The molecule has 0 spiro atoms. The summed E-state index contributed by atoms with van der Waals surface area (Å²) >= 11 is 5.94. The number of hydrogen-bond acceptors (Lipinski definition) is 2. The lowest BCUT2D eigenvalue weighted by molar-refractivity contribution is -0.134. The van der Waals surface area contributed by atoms with Gasteiger partial charge in [-0.15, -0.1) is 0 Å². The zero-order valence-corrected chi connectivity index (χ0v) is 19.1. The first-order valence-corrected chi connectivity index (χ1v) is 11.0. The third kappa shape index (κ3) is 6.60. The molecule has 3 nitrogen and oxygen atoms in total. The summed E-state index contributed by atoms with van der Waals surface area (Å²) in [5, 5.41) is 3.77. The molecular weight excluding hydrogens is 406 g/mol. The van der Waals surface area contributed by atoms with Crippen LogP contribution >= 0.6 is 11.6 Å². The summed E-state index contributed by atoms with van der Waals surface area (Å²) < 4.78 is 5.94. The van der Waals surface area contributed by atoms with E-state index < -0.39 is 5.60 Å². The van der Waals surface area contributed by atoms with Gasteiger partial charge in [-0.1, -0.05) is 79.2 Å². The average molecular weight is 436 g/mol. The minimum atomic E-state index is -0.999. The molecule has 0 heterocycles. The fourth-order valence-electron chi connectivity index (χ4n) is 3.65. The lowest BCUT2D eigenvalue weighted by Gasteiger charge is -2.29. The molecule has 31 heavy (non-hydrogen) atoms. The molecule has 1 amide bonds. The zero-order chi connectivity index (χ0) is 22.3. The Kier molecular flexibility index (Phi) is 7.75. The molecule has 0 radical (unpaired) electrons. The molecule has 0 aromatic heterocycles. The van der Waals surface area contributed by atoms with Crippen molar-refractivity contribution in [2.45, 2.75) is 38.7 Å². The highest BCUT2D eigenvalue weighted by Crippen LogP contribution is 2.27. The van der Waals surface area contributed by atoms with E-state index in [-0.39, 0.29) is 11.8 Å². The number of carbonyl (C=O) groups is 1. The summed E-state index contributed by atoms with van der Waals surface area (Å²) in [6.07, 6.45) is 0.885. The summed E-state index contributed by atoms with van der Waals surface area (Å²) in [7, 11) is 0. The van der Waals surface area contributed by atoms with E-state index in [2.05, 4.69) is 60.8 Å². The molecule has 0 fully saturated rings. The maximum atomic E-state index is 13.0. The number of carbonyl (C=O) groups excluding carboxylic acids is 1. The Morgan fingerprint density at radius 1 is 0.935 bits per heavy atom. The number of nitrogens with one attached hydrogen (secondary N) is 1. The molecule has 3 aromatic carbocycles. The van der Waals surface area contributed by atoms with Gasteiger partial charge in [-0.2, -0.15) is 0 Å². The van der Waals surface area contributed by atoms with Crippen LogP contribution in [0.25, 0.3) is 0 Å². The minimum absolute atomic E-state index is 0.138. The highest BCUT2D eigenvalue weighted by Gasteiger charge is 2.31. The lowest BCUT2D eigenvalue weighted by atomic mass is 9.83. The molecular formula is C27H30ClNO2. The van der Waals surface area contributed by atoms with Gasteiger partial charge in [-0.25, -0.2) is 0 Å². The van der Waals surface area contributed by atoms with Crippen molar-refractivity contribution in [1.82, 2.24) is 5.32 Å². The molecule has 0 aliphatic carbocycles. The normalized spacial score (nSPS) is 13.3. The third-order valence-electron chi connectivity index (χ3n) is 5.63. The number of halogens is 1. The smallest absolute Gasteiger partial charge is 0.263 e. The SMILES string of the molecule is CC(c1ccccc1)C(CNC(=O)C(C)(C)Oc1ccc(Cl)cc1)Cc1ccccc1. The van der Waals surface area contributed by atoms with Crippen molar-refractivity contribution in [2.75, 3.05) is 6.54 Å². The number of amides is 1. The molecule has 162 valence electrons. The summed E-state index contributed by atoms with van der Waals surface area (Å²) in [5.41, 5.74) is 1.54. The Hall–Kier alpha value is -2.78. The van der Waals surface area contributed by atoms with E-state index in [1.165, 1.54) is 11.1 Å². The zero-order valence-electron chi connectivity index (χ0n) is 18.3. The molecule has 0 aliphatic heterocycles. The van der Waals surface area contributed by atoms with Gasteiger partial charge in [0.05, 0.1) is 0 Å². The highest BCUT2D eigenvalue weighted by molar-refractivity contribution is 6.30. The van der Waals surface area contributed by atoms with Gasteiger partial charge in [0.1, 0.15) is 5.75 Å². The molecule has 0 aliphatic rings. The van der Waals surface area contributed by atoms with E-state index in [4.69, 9.17) is 16.3 Å². The van der Waals surface area contributed by atoms with Gasteiger partial charge in [0.2, 0.25) is 0 Å². The molecule has 0 saturated carbocycles. The molecule has 4 heteroatoms. The summed E-state index contributed by atoms with van der Waals surface area (Å²) in [5.74, 6) is 1.02. The Morgan fingerprint density at radius 2 is 1.52 bits per heavy atom. The molecule has 3 rings (SSSR count). The molecule has 0 saturated heterocycles.